The number of ether oxygens (including phenoxy) is 1. The highest BCUT2D eigenvalue weighted by Crippen LogP contribution is 2.30. The van der Waals surface area contributed by atoms with Crippen LogP contribution >= 0.6 is 0 Å². The van der Waals surface area contributed by atoms with Gasteiger partial charge < -0.3 is 10.1 Å². The molecule has 1 N–H and O–H groups in total. The number of hydrogen-bond acceptors (Lipinski definition) is 4. The molecule has 0 bridgehead atoms. The highest BCUT2D eigenvalue weighted by Gasteiger charge is 2.33. The van der Waals surface area contributed by atoms with Gasteiger partial charge in [-0.05, 0) is 36.8 Å². The van der Waals surface area contributed by atoms with E-state index in [2.05, 4.69) is 20.1 Å². The van der Waals surface area contributed by atoms with Crippen LogP contribution < -0.4 is 10.1 Å². The van der Waals surface area contributed by atoms with Crippen LogP contribution in [0.15, 0.2) is 48.7 Å². The van der Waals surface area contributed by atoms with E-state index in [0.29, 0.717) is 5.56 Å². The van der Waals surface area contributed by atoms with Crippen LogP contribution in [-0.4, -0.2) is 27.0 Å². The van der Waals surface area contributed by atoms with Crippen LogP contribution in [0.1, 0.15) is 34.7 Å². The lowest BCUT2D eigenvalue weighted by atomic mass is 10.1. The van der Waals surface area contributed by atoms with Gasteiger partial charge in [-0.2, -0.15) is 18.3 Å². The number of carbonyl (C=O) groups is 1. The van der Waals surface area contributed by atoms with Gasteiger partial charge in [-0.25, -0.2) is 4.98 Å². The van der Waals surface area contributed by atoms with Crippen molar-refractivity contribution >= 4 is 5.91 Å². The van der Waals surface area contributed by atoms with E-state index in [1.807, 2.05) is 0 Å². The quantitative estimate of drug-likeness (QED) is 0.553. The summed E-state index contributed by atoms with van der Waals surface area (Å²) < 4.78 is 80.8. The predicted molar refractivity (Wildman–Crippen MR) is 100 cm³/mol. The molecule has 1 unspecified atom stereocenters. The molecule has 0 aliphatic heterocycles. The number of benzene rings is 1. The van der Waals surface area contributed by atoms with E-state index in [0.717, 1.165) is 18.2 Å². The van der Waals surface area contributed by atoms with E-state index >= 15 is 0 Å². The standard InChI is InChI=1S/C20H16F6N4O2/c1-11(12-6-8-13(9-7-12)32-20(24,25)26)28-18(31)17-14(10-27-30(17)2)15-4-3-5-16(29-15)19(21,22)23/h3-11H,1-2H3,(H,28,31). The first-order valence-corrected chi connectivity index (χ1v) is 9.08. The lowest BCUT2D eigenvalue weighted by Gasteiger charge is -2.16. The van der Waals surface area contributed by atoms with Crippen molar-refractivity contribution in [1.82, 2.24) is 20.1 Å². The molecule has 6 nitrogen and oxygen atoms in total. The summed E-state index contributed by atoms with van der Waals surface area (Å²) in [5, 5.41) is 6.59. The summed E-state index contributed by atoms with van der Waals surface area (Å²) in [6.45, 7) is 1.59. The van der Waals surface area contributed by atoms with E-state index in [9.17, 15) is 31.1 Å². The first-order chi connectivity index (χ1) is 14.8. The van der Waals surface area contributed by atoms with Crippen molar-refractivity contribution in [2.45, 2.75) is 25.5 Å². The molecular formula is C20H16F6N4O2. The lowest BCUT2D eigenvalue weighted by Crippen LogP contribution is -2.29. The Bertz CT molecular complexity index is 1110. The van der Waals surface area contributed by atoms with Gasteiger partial charge in [-0.15, -0.1) is 13.2 Å². The van der Waals surface area contributed by atoms with Crippen LogP contribution in [-0.2, 0) is 13.2 Å². The van der Waals surface area contributed by atoms with Crippen molar-refractivity contribution in [3.8, 4) is 17.0 Å². The molecule has 3 aromatic rings. The molecule has 32 heavy (non-hydrogen) atoms. The minimum atomic E-state index is -4.82. The third-order valence-electron chi connectivity index (χ3n) is 4.43. The van der Waals surface area contributed by atoms with E-state index < -0.39 is 35.9 Å². The number of alkyl halides is 6. The topological polar surface area (TPSA) is 69.0 Å². The first-order valence-electron chi connectivity index (χ1n) is 9.08. The predicted octanol–water partition coefficient (Wildman–Crippen LogP) is 4.89. The summed E-state index contributed by atoms with van der Waals surface area (Å²) in [5.74, 6) is -1.06. The largest absolute Gasteiger partial charge is 0.573 e. The van der Waals surface area contributed by atoms with Crippen LogP contribution in [0, 0.1) is 0 Å². The number of aromatic nitrogens is 3. The molecule has 0 radical (unpaired) electrons. The third-order valence-corrected chi connectivity index (χ3v) is 4.43. The minimum absolute atomic E-state index is 0.0271. The highest BCUT2D eigenvalue weighted by atomic mass is 19.4. The number of pyridine rings is 1. The average Bonchev–Trinajstić information content (AvgIpc) is 3.08. The number of halogens is 6. The van der Waals surface area contributed by atoms with Gasteiger partial charge in [-0.1, -0.05) is 18.2 Å². The van der Waals surface area contributed by atoms with Gasteiger partial charge in [0.05, 0.1) is 23.5 Å². The van der Waals surface area contributed by atoms with Crippen molar-refractivity contribution in [3.63, 3.8) is 0 Å². The second-order valence-electron chi connectivity index (χ2n) is 6.75. The van der Waals surface area contributed by atoms with E-state index in [1.54, 1.807) is 6.92 Å². The Hall–Kier alpha value is -3.57. The Balaban J connectivity index is 1.81. The van der Waals surface area contributed by atoms with Gasteiger partial charge in [0.25, 0.3) is 5.91 Å². The fourth-order valence-electron chi connectivity index (χ4n) is 2.94. The molecule has 1 amide bonds. The van der Waals surface area contributed by atoms with Crippen LogP contribution in [0.2, 0.25) is 0 Å². The smallest absolute Gasteiger partial charge is 0.406 e. The SMILES string of the molecule is CC(NC(=O)c1c(-c2cccc(C(F)(F)F)n2)cnn1C)c1ccc(OC(F)(F)F)cc1. The summed E-state index contributed by atoms with van der Waals surface area (Å²) in [5.41, 5.74) is -0.647. The normalized spacial score (nSPS) is 13.0. The fraction of sp³-hybridized carbons (Fsp3) is 0.250. The molecule has 3 rings (SSSR count). The number of rotatable bonds is 5. The maximum absolute atomic E-state index is 13.0. The zero-order valence-electron chi connectivity index (χ0n) is 16.6. The number of nitrogens with zero attached hydrogens (tertiary/aromatic N) is 3. The van der Waals surface area contributed by atoms with Crippen LogP contribution in [0.5, 0.6) is 5.75 Å². The maximum atomic E-state index is 13.0. The Morgan fingerprint density at radius 2 is 1.72 bits per heavy atom. The molecule has 0 saturated heterocycles. The van der Waals surface area contributed by atoms with Crippen molar-refractivity contribution in [2.75, 3.05) is 0 Å². The molecule has 0 spiro atoms. The lowest BCUT2D eigenvalue weighted by molar-refractivity contribution is -0.274. The number of hydrogen-bond donors (Lipinski definition) is 1. The van der Waals surface area contributed by atoms with Crippen molar-refractivity contribution in [1.29, 1.82) is 0 Å². The summed E-state index contributed by atoms with van der Waals surface area (Å²) in [7, 11) is 1.44. The Morgan fingerprint density at radius 3 is 2.31 bits per heavy atom. The summed E-state index contributed by atoms with van der Waals surface area (Å²) in [4.78, 5) is 16.4. The van der Waals surface area contributed by atoms with E-state index in [4.69, 9.17) is 0 Å². The molecule has 0 saturated carbocycles. The van der Waals surface area contributed by atoms with Gasteiger partial charge in [0, 0.05) is 7.05 Å². The van der Waals surface area contributed by atoms with Crippen LogP contribution in [0.25, 0.3) is 11.3 Å². The number of amides is 1. The molecule has 1 aromatic carbocycles. The molecule has 0 aliphatic carbocycles. The molecule has 2 aromatic heterocycles. The van der Waals surface area contributed by atoms with Gasteiger partial charge >= 0.3 is 12.5 Å². The maximum Gasteiger partial charge on any atom is 0.573 e. The Kier molecular flexibility index (Phi) is 6.15. The fourth-order valence-corrected chi connectivity index (χ4v) is 2.94. The average molecular weight is 458 g/mol. The first kappa shape index (κ1) is 23.1. The van der Waals surface area contributed by atoms with Crippen LogP contribution in [0.4, 0.5) is 26.3 Å². The summed E-state index contributed by atoms with van der Waals surface area (Å²) >= 11 is 0. The molecule has 0 aliphatic rings. The van der Waals surface area contributed by atoms with Crippen molar-refractivity contribution in [3.05, 3.63) is 65.6 Å². The van der Waals surface area contributed by atoms with E-state index in [1.165, 1.54) is 42.2 Å². The van der Waals surface area contributed by atoms with Crippen molar-refractivity contribution < 1.29 is 35.9 Å². The molecule has 0 fully saturated rings. The van der Waals surface area contributed by atoms with Gasteiger partial charge in [0.1, 0.15) is 17.1 Å². The number of nitrogens with one attached hydrogen (secondary N) is 1. The molecule has 170 valence electrons. The van der Waals surface area contributed by atoms with Gasteiger partial charge in [0.2, 0.25) is 0 Å². The van der Waals surface area contributed by atoms with Gasteiger partial charge in [0.15, 0.2) is 0 Å². The molecule has 1 atom stereocenters. The number of carbonyl (C=O) groups excluding carboxylic acids is 1. The molecular weight excluding hydrogens is 442 g/mol. The monoisotopic (exact) mass is 458 g/mol. The van der Waals surface area contributed by atoms with E-state index in [-0.39, 0.29) is 17.0 Å². The summed E-state index contributed by atoms with van der Waals surface area (Å²) in [6.07, 6.45) is -8.25. The minimum Gasteiger partial charge on any atom is -0.406 e. The third kappa shape index (κ3) is 5.37. The molecule has 12 heteroatoms. The zero-order valence-corrected chi connectivity index (χ0v) is 16.6. The Labute approximate surface area is 177 Å². The zero-order chi connectivity index (χ0) is 23.7. The summed E-state index contributed by atoms with van der Waals surface area (Å²) in [6, 6.07) is 7.59. The second-order valence-corrected chi connectivity index (χ2v) is 6.75. The molecule has 2 heterocycles. The van der Waals surface area contributed by atoms with Crippen LogP contribution in [0.3, 0.4) is 0 Å². The Morgan fingerprint density at radius 1 is 1.06 bits per heavy atom. The van der Waals surface area contributed by atoms with Crippen molar-refractivity contribution in [2.24, 2.45) is 7.05 Å². The number of aryl methyl sites for hydroxylation is 1. The highest BCUT2D eigenvalue weighted by molar-refractivity contribution is 5.99. The van der Waals surface area contributed by atoms with Gasteiger partial charge in [-0.3, -0.25) is 9.48 Å². The second kappa shape index (κ2) is 8.52.